The fourth-order valence-corrected chi connectivity index (χ4v) is 2.20. The van der Waals surface area contributed by atoms with Gasteiger partial charge in [0.05, 0.1) is 11.5 Å². The van der Waals surface area contributed by atoms with Gasteiger partial charge < -0.3 is 10.0 Å². The highest BCUT2D eigenvalue weighted by Gasteiger charge is 2.17. The quantitative estimate of drug-likeness (QED) is 0.655. The van der Waals surface area contributed by atoms with Crippen molar-refractivity contribution in [3.8, 4) is 0 Å². The molecule has 5 heteroatoms. The first-order chi connectivity index (χ1) is 10.1. The Bertz CT molecular complexity index is 614. The van der Waals surface area contributed by atoms with Crippen molar-refractivity contribution < 1.29 is 10.0 Å². The number of benzene rings is 2. The van der Waals surface area contributed by atoms with Gasteiger partial charge in [-0.15, -0.1) is 0 Å². The van der Waals surface area contributed by atoms with E-state index >= 15 is 0 Å². The van der Waals surface area contributed by atoms with Gasteiger partial charge in [-0.1, -0.05) is 36.4 Å². The van der Waals surface area contributed by atoms with E-state index < -0.39 is 4.92 Å². The number of nitro groups is 1. The zero-order chi connectivity index (χ0) is 15.2. The number of nitro benzene ring substituents is 1. The van der Waals surface area contributed by atoms with Gasteiger partial charge in [0.15, 0.2) is 0 Å². The summed E-state index contributed by atoms with van der Waals surface area (Å²) < 4.78 is 0. The molecule has 0 radical (unpaired) electrons. The molecule has 0 aliphatic heterocycles. The summed E-state index contributed by atoms with van der Waals surface area (Å²) in [5, 5.41) is 20.3. The molecule has 0 heterocycles. The summed E-state index contributed by atoms with van der Waals surface area (Å²) in [5.41, 5.74) is 2.33. The van der Waals surface area contributed by atoms with Crippen LogP contribution in [-0.4, -0.2) is 23.6 Å². The van der Waals surface area contributed by atoms with Crippen molar-refractivity contribution in [2.45, 2.75) is 13.0 Å². The van der Waals surface area contributed by atoms with Crippen LogP contribution in [0.2, 0.25) is 0 Å². The molecule has 0 atom stereocenters. The molecular weight excluding hydrogens is 268 g/mol. The van der Waals surface area contributed by atoms with E-state index in [1.807, 2.05) is 42.3 Å². The first-order valence-electron chi connectivity index (χ1n) is 6.75. The largest absolute Gasteiger partial charge is 0.392 e. The molecule has 0 saturated carbocycles. The van der Waals surface area contributed by atoms with Gasteiger partial charge in [0, 0.05) is 19.7 Å². The lowest BCUT2D eigenvalue weighted by Crippen LogP contribution is -2.21. The Morgan fingerprint density at radius 2 is 1.86 bits per heavy atom. The maximum absolute atomic E-state index is 11.2. The van der Waals surface area contributed by atoms with Crippen molar-refractivity contribution in [1.82, 2.24) is 0 Å². The Labute approximate surface area is 123 Å². The van der Waals surface area contributed by atoms with Crippen molar-refractivity contribution in [2.75, 3.05) is 18.5 Å². The average molecular weight is 286 g/mol. The van der Waals surface area contributed by atoms with Crippen LogP contribution in [0.3, 0.4) is 0 Å². The molecule has 2 rings (SSSR count). The van der Waals surface area contributed by atoms with Gasteiger partial charge in [0.1, 0.15) is 5.69 Å². The van der Waals surface area contributed by atoms with Crippen LogP contribution in [0, 0.1) is 10.1 Å². The van der Waals surface area contributed by atoms with E-state index in [2.05, 4.69) is 0 Å². The monoisotopic (exact) mass is 286 g/mol. The molecule has 2 aromatic rings. The molecule has 0 spiro atoms. The van der Waals surface area contributed by atoms with Gasteiger partial charge in [-0.25, -0.2) is 0 Å². The third-order valence-electron chi connectivity index (χ3n) is 3.41. The van der Waals surface area contributed by atoms with Crippen LogP contribution in [-0.2, 0) is 13.0 Å². The summed E-state index contributed by atoms with van der Waals surface area (Å²) in [5.74, 6) is 0. The van der Waals surface area contributed by atoms with Crippen LogP contribution in [0.1, 0.15) is 11.1 Å². The number of aliphatic hydroxyl groups is 1. The number of likely N-dealkylation sites (N-methyl/N-ethyl adjacent to an activating group) is 1. The molecule has 1 N–H and O–H groups in total. The van der Waals surface area contributed by atoms with Crippen molar-refractivity contribution in [3.63, 3.8) is 0 Å². The van der Waals surface area contributed by atoms with Crippen molar-refractivity contribution in [3.05, 3.63) is 69.8 Å². The number of hydrogen-bond donors (Lipinski definition) is 1. The molecular formula is C16H18N2O3. The van der Waals surface area contributed by atoms with Crippen molar-refractivity contribution in [1.29, 1.82) is 0 Å². The lowest BCUT2D eigenvalue weighted by atomic mass is 10.1. The zero-order valence-corrected chi connectivity index (χ0v) is 11.9. The Balaban J connectivity index is 2.15. The minimum Gasteiger partial charge on any atom is -0.392 e. The summed E-state index contributed by atoms with van der Waals surface area (Å²) in [4.78, 5) is 12.6. The summed E-state index contributed by atoms with van der Waals surface area (Å²) in [6.45, 7) is 0.484. The number of nitrogens with zero attached hydrogens (tertiary/aromatic N) is 2. The summed E-state index contributed by atoms with van der Waals surface area (Å²) in [7, 11) is 1.84. The lowest BCUT2D eigenvalue weighted by Gasteiger charge is -2.19. The van der Waals surface area contributed by atoms with Crippen LogP contribution < -0.4 is 4.90 Å². The third kappa shape index (κ3) is 3.79. The minimum absolute atomic E-state index is 0.0251. The van der Waals surface area contributed by atoms with E-state index in [4.69, 9.17) is 5.11 Å². The minimum atomic E-state index is -0.409. The maximum Gasteiger partial charge on any atom is 0.292 e. The molecule has 21 heavy (non-hydrogen) atoms. The average Bonchev–Trinajstić information content (AvgIpc) is 2.52. The summed E-state index contributed by atoms with van der Waals surface area (Å²) in [6, 6.07) is 14.8. The van der Waals surface area contributed by atoms with Gasteiger partial charge >= 0.3 is 0 Å². The van der Waals surface area contributed by atoms with Crippen molar-refractivity contribution in [2.24, 2.45) is 0 Å². The van der Waals surface area contributed by atoms with Crippen LogP contribution in [0.25, 0.3) is 0 Å². The van der Waals surface area contributed by atoms with E-state index in [0.717, 1.165) is 6.42 Å². The third-order valence-corrected chi connectivity index (χ3v) is 3.41. The summed E-state index contributed by atoms with van der Waals surface area (Å²) >= 11 is 0. The van der Waals surface area contributed by atoms with Gasteiger partial charge in [-0.3, -0.25) is 10.1 Å². The molecule has 2 aromatic carbocycles. The molecule has 0 aromatic heterocycles. The molecule has 0 saturated heterocycles. The van der Waals surface area contributed by atoms with Crippen LogP contribution >= 0.6 is 0 Å². The van der Waals surface area contributed by atoms with Crippen LogP contribution in [0.5, 0.6) is 0 Å². The molecule has 0 aliphatic rings. The highest BCUT2D eigenvalue weighted by molar-refractivity contribution is 5.64. The molecule has 110 valence electrons. The number of hydrogen-bond acceptors (Lipinski definition) is 4. The normalized spacial score (nSPS) is 10.4. The predicted molar refractivity (Wildman–Crippen MR) is 82.4 cm³/mol. The topological polar surface area (TPSA) is 66.6 Å². The Morgan fingerprint density at radius 1 is 1.14 bits per heavy atom. The van der Waals surface area contributed by atoms with Gasteiger partial charge in [0.25, 0.3) is 5.69 Å². The molecule has 0 unspecified atom stereocenters. The van der Waals surface area contributed by atoms with Gasteiger partial charge in [0.2, 0.25) is 0 Å². The van der Waals surface area contributed by atoms with E-state index in [1.165, 1.54) is 11.6 Å². The fraction of sp³-hybridized carbons (Fsp3) is 0.250. The molecule has 0 fully saturated rings. The maximum atomic E-state index is 11.2. The SMILES string of the molecule is CN(CCc1ccccc1)c1ccc(CO)cc1[N+](=O)[O-]. The second-order valence-electron chi connectivity index (χ2n) is 4.90. The van der Waals surface area contributed by atoms with E-state index in [0.29, 0.717) is 17.8 Å². The molecule has 5 nitrogen and oxygen atoms in total. The van der Waals surface area contributed by atoms with Crippen LogP contribution in [0.4, 0.5) is 11.4 Å². The number of rotatable bonds is 6. The van der Waals surface area contributed by atoms with Gasteiger partial charge in [-0.05, 0) is 23.6 Å². The molecule has 0 bridgehead atoms. The zero-order valence-electron chi connectivity index (χ0n) is 11.9. The fourth-order valence-electron chi connectivity index (χ4n) is 2.20. The standard InChI is InChI=1S/C16H18N2O3/c1-17(10-9-13-5-3-2-4-6-13)15-8-7-14(12-19)11-16(15)18(20)21/h2-8,11,19H,9-10,12H2,1H3. The number of aliphatic hydroxyl groups excluding tert-OH is 1. The van der Waals surface area contributed by atoms with Crippen LogP contribution in [0.15, 0.2) is 48.5 Å². The van der Waals surface area contributed by atoms with E-state index in [-0.39, 0.29) is 12.3 Å². The molecule has 0 aliphatic carbocycles. The van der Waals surface area contributed by atoms with Gasteiger partial charge in [-0.2, -0.15) is 0 Å². The second kappa shape index (κ2) is 6.85. The Hall–Kier alpha value is -2.40. The number of anilines is 1. The first kappa shape index (κ1) is 15.0. The smallest absolute Gasteiger partial charge is 0.292 e. The Kier molecular flexibility index (Phi) is 4.90. The second-order valence-corrected chi connectivity index (χ2v) is 4.90. The predicted octanol–water partition coefficient (Wildman–Crippen LogP) is 2.77. The Morgan fingerprint density at radius 3 is 2.48 bits per heavy atom. The highest BCUT2D eigenvalue weighted by Crippen LogP contribution is 2.28. The van der Waals surface area contributed by atoms with E-state index in [1.54, 1.807) is 12.1 Å². The summed E-state index contributed by atoms with van der Waals surface area (Å²) in [6.07, 6.45) is 0.816. The molecule has 0 amide bonds. The van der Waals surface area contributed by atoms with Crippen molar-refractivity contribution >= 4 is 11.4 Å². The highest BCUT2D eigenvalue weighted by atomic mass is 16.6. The first-order valence-corrected chi connectivity index (χ1v) is 6.75. The lowest BCUT2D eigenvalue weighted by molar-refractivity contribution is -0.384. The van der Waals surface area contributed by atoms with E-state index in [9.17, 15) is 10.1 Å².